The van der Waals surface area contributed by atoms with Crippen LogP contribution < -0.4 is 5.32 Å². The minimum atomic E-state index is -0.212. The predicted octanol–water partition coefficient (Wildman–Crippen LogP) is 2.71. The maximum Gasteiger partial charge on any atom is 0.123 e. The second-order valence-corrected chi connectivity index (χ2v) is 4.61. The number of halogens is 1. The van der Waals surface area contributed by atoms with E-state index < -0.39 is 0 Å². The normalized spacial score (nSPS) is 10.6. The zero-order valence-electron chi connectivity index (χ0n) is 9.03. The highest BCUT2D eigenvalue weighted by atomic mass is 32.1. The molecule has 2 rings (SSSR count). The van der Waals surface area contributed by atoms with Crippen molar-refractivity contribution in [2.24, 2.45) is 0 Å². The first kappa shape index (κ1) is 11.2. The molecule has 1 heterocycles. The van der Waals surface area contributed by atoms with E-state index in [2.05, 4.69) is 10.3 Å². The molecule has 0 radical (unpaired) electrons. The molecule has 1 aromatic carbocycles. The summed E-state index contributed by atoms with van der Waals surface area (Å²) in [5.41, 5.74) is 0.974. The Morgan fingerprint density at radius 1 is 1.31 bits per heavy atom. The van der Waals surface area contributed by atoms with Crippen LogP contribution in [0.1, 0.15) is 4.88 Å². The average molecular weight is 236 g/mol. The molecule has 0 aliphatic heterocycles. The SMILES string of the molecule is CNCCc1cnc(-c2ccc(F)cc2)s1. The number of nitrogens with one attached hydrogen (secondary N) is 1. The van der Waals surface area contributed by atoms with Crippen LogP contribution in [0.2, 0.25) is 0 Å². The molecule has 16 heavy (non-hydrogen) atoms. The van der Waals surface area contributed by atoms with Gasteiger partial charge in [0.05, 0.1) is 0 Å². The Morgan fingerprint density at radius 2 is 2.06 bits per heavy atom. The summed E-state index contributed by atoms with van der Waals surface area (Å²) < 4.78 is 12.7. The van der Waals surface area contributed by atoms with Gasteiger partial charge in [-0.2, -0.15) is 0 Å². The van der Waals surface area contributed by atoms with E-state index in [1.54, 1.807) is 23.5 Å². The number of aromatic nitrogens is 1. The van der Waals surface area contributed by atoms with E-state index in [0.29, 0.717) is 0 Å². The molecule has 0 saturated carbocycles. The van der Waals surface area contributed by atoms with Gasteiger partial charge in [-0.05, 0) is 44.3 Å². The molecule has 0 unspecified atom stereocenters. The smallest absolute Gasteiger partial charge is 0.123 e. The van der Waals surface area contributed by atoms with Crippen LogP contribution >= 0.6 is 11.3 Å². The van der Waals surface area contributed by atoms with E-state index in [0.717, 1.165) is 23.5 Å². The number of hydrogen-bond donors (Lipinski definition) is 1. The first-order valence-electron chi connectivity index (χ1n) is 5.15. The Kier molecular flexibility index (Phi) is 3.64. The molecule has 1 aromatic heterocycles. The summed E-state index contributed by atoms with van der Waals surface area (Å²) in [4.78, 5) is 5.58. The fourth-order valence-corrected chi connectivity index (χ4v) is 2.31. The molecule has 1 N–H and O–H groups in total. The summed E-state index contributed by atoms with van der Waals surface area (Å²) in [7, 11) is 1.93. The van der Waals surface area contributed by atoms with Gasteiger partial charge in [-0.3, -0.25) is 0 Å². The highest BCUT2D eigenvalue weighted by Crippen LogP contribution is 2.25. The molecular formula is C12H13FN2S. The van der Waals surface area contributed by atoms with Gasteiger partial charge in [0.2, 0.25) is 0 Å². The molecule has 0 amide bonds. The van der Waals surface area contributed by atoms with Gasteiger partial charge in [-0.15, -0.1) is 11.3 Å². The zero-order chi connectivity index (χ0) is 11.4. The van der Waals surface area contributed by atoms with Crippen molar-refractivity contribution in [2.45, 2.75) is 6.42 Å². The third-order valence-electron chi connectivity index (χ3n) is 2.27. The molecule has 0 aliphatic carbocycles. The fraction of sp³-hybridized carbons (Fsp3) is 0.250. The Morgan fingerprint density at radius 3 is 2.75 bits per heavy atom. The first-order valence-corrected chi connectivity index (χ1v) is 5.96. The first-order chi connectivity index (χ1) is 7.79. The average Bonchev–Trinajstić information content (AvgIpc) is 2.76. The molecule has 0 saturated heterocycles. The van der Waals surface area contributed by atoms with E-state index in [4.69, 9.17) is 0 Å². The summed E-state index contributed by atoms with van der Waals surface area (Å²) in [6.07, 6.45) is 2.87. The number of rotatable bonds is 4. The van der Waals surface area contributed by atoms with Crippen LogP contribution in [-0.4, -0.2) is 18.6 Å². The van der Waals surface area contributed by atoms with Crippen molar-refractivity contribution in [2.75, 3.05) is 13.6 Å². The standard InChI is InChI=1S/C12H13FN2S/c1-14-7-6-11-8-15-12(16-11)9-2-4-10(13)5-3-9/h2-5,8,14H,6-7H2,1H3. The largest absolute Gasteiger partial charge is 0.319 e. The maximum absolute atomic E-state index is 12.7. The molecule has 0 fully saturated rings. The van der Waals surface area contributed by atoms with Crippen LogP contribution in [0.15, 0.2) is 30.5 Å². The highest BCUT2D eigenvalue weighted by Gasteiger charge is 2.04. The van der Waals surface area contributed by atoms with Gasteiger partial charge in [0.25, 0.3) is 0 Å². The van der Waals surface area contributed by atoms with Gasteiger partial charge in [0, 0.05) is 16.6 Å². The van der Waals surface area contributed by atoms with Crippen LogP contribution in [0, 0.1) is 5.82 Å². The van der Waals surface area contributed by atoms with Crippen molar-refractivity contribution < 1.29 is 4.39 Å². The van der Waals surface area contributed by atoms with Gasteiger partial charge in [-0.25, -0.2) is 9.37 Å². The minimum Gasteiger partial charge on any atom is -0.319 e. The van der Waals surface area contributed by atoms with Gasteiger partial charge in [0.15, 0.2) is 0 Å². The van der Waals surface area contributed by atoms with Gasteiger partial charge < -0.3 is 5.32 Å². The summed E-state index contributed by atoms with van der Waals surface area (Å²) >= 11 is 1.66. The maximum atomic E-state index is 12.7. The van der Waals surface area contributed by atoms with Crippen molar-refractivity contribution in [1.29, 1.82) is 0 Å². The summed E-state index contributed by atoms with van der Waals surface area (Å²) in [5, 5.41) is 4.05. The van der Waals surface area contributed by atoms with E-state index in [1.165, 1.54) is 17.0 Å². The van der Waals surface area contributed by atoms with Crippen LogP contribution in [0.5, 0.6) is 0 Å². The second kappa shape index (κ2) is 5.18. The molecular weight excluding hydrogens is 223 g/mol. The lowest BCUT2D eigenvalue weighted by atomic mass is 10.2. The van der Waals surface area contributed by atoms with Crippen molar-refractivity contribution in [1.82, 2.24) is 10.3 Å². The second-order valence-electron chi connectivity index (χ2n) is 3.49. The van der Waals surface area contributed by atoms with Crippen LogP contribution in [0.3, 0.4) is 0 Å². The third-order valence-corrected chi connectivity index (χ3v) is 3.37. The highest BCUT2D eigenvalue weighted by molar-refractivity contribution is 7.15. The van der Waals surface area contributed by atoms with Crippen LogP contribution in [-0.2, 0) is 6.42 Å². The van der Waals surface area contributed by atoms with E-state index >= 15 is 0 Å². The molecule has 84 valence electrons. The van der Waals surface area contributed by atoms with E-state index in [9.17, 15) is 4.39 Å². The Bertz CT molecular complexity index is 450. The molecule has 0 aliphatic rings. The Hall–Kier alpha value is -1.26. The Balaban J connectivity index is 2.15. The lowest BCUT2D eigenvalue weighted by molar-refractivity contribution is 0.628. The summed E-state index contributed by atoms with van der Waals surface area (Å²) in [6.45, 7) is 0.949. The monoisotopic (exact) mass is 236 g/mol. The quantitative estimate of drug-likeness (QED) is 0.883. The van der Waals surface area contributed by atoms with Crippen LogP contribution in [0.4, 0.5) is 4.39 Å². The number of likely N-dealkylation sites (N-methyl/N-ethyl adjacent to an activating group) is 1. The van der Waals surface area contributed by atoms with Gasteiger partial charge >= 0.3 is 0 Å². The molecule has 4 heteroatoms. The minimum absolute atomic E-state index is 0.212. The topological polar surface area (TPSA) is 24.9 Å². The number of benzene rings is 1. The number of nitrogens with zero attached hydrogens (tertiary/aromatic N) is 1. The molecule has 0 spiro atoms. The lowest BCUT2D eigenvalue weighted by Crippen LogP contribution is -2.09. The number of thiazole rings is 1. The van der Waals surface area contributed by atoms with Gasteiger partial charge in [0.1, 0.15) is 10.8 Å². The fourth-order valence-electron chi connectivity index (χ4n) is 1.40. The predicted molar refractivity (Wildman–Crippen MR) is 65.1 cm³/mol. The summed E-state index contributed by atoms with van der Waals surface area (Å²) in [5.74, 6) is -0.212. The van der Waals surface area contributed by atoms with Crippen molar-refractivity contribution in [3.05, 3.63) is 41.2 Å². The lowest BCUT2D eigenvalue weighted by Gasteiger charge is -1.95. The van der Waals surface area contributed by atoms with Crippen molar-refractivity contribution >= 4 is 11.3 Å². The third kappa shape index (κ3) is 2.65. The molecule has 0 bridgehead atoms. The van der Waals surface area contributed by atoms with Crippen LogP contribution in [0.25, 0.3) is 10.6 Å². The van der Waals surface area contributed by atoms with Crippen molar-refractivity contribution in [3.8, 4) is 10.6 Å². The van der Waals surface area contributed by atoms with Crippen molar-refractivity contribution in [3.63, 3.8) is 0 Å². The Labute approximate surface area is 98.2 Å². The zero-order valence-corrected chi connectivity index (χ0v) is 9.85. The number of hydrogen-bond acceptors (Lipinski definition) is 3. The summed E-state index contributed by atoms with van der Waals surface area (Å²) in [6, 6.07) is 6.44. The van der Waals surface area contributed by atoms with E-state index in [1.807, 2.05) is 13.2 Å². The van der Waals surface area contributed by atoms with E-state index in [-0.39, 0.29) is 5.82 Å². The van der Waals surface area contributed by atoms with Gasteiger partial charge in [-0.1, -0.05) is 0 Å². The molecule has 2 aromatic rings. The molecule has 2 nitrogen and oxygen atoms in total. The molecule has 0 atom stereocenters.